The van der Waals surface area contributed by atoms with Crippen molar-refractivity contribution in [3.8, 4) is 11.5 Å². The van der Waals surface area contributed by atoms with E-state index in [9.17, 15) is 0 Å². The maximum Gasteiger partial charge on any atom is 0.128 e. The summed E-state index contributed by atoms with van der Waals surface area (Å²) < 4.78 is 6.82. The summed E-state index contributed by atoms with van der Waals surface area (Å²) in [5.41, 5.74) is 1.21. The second-order valence-electron chi connectivity index (χ2n) is 4.84. The van der Waals surface area contributed by atoms with Crippen molar-refractivity contribution in [1.29, 1.82) is 0 Å². The summed E-state index contributed by atoms with van der Waals surface area (Å²) in [5, 5.41) is 4.09. The molecule has 2 aromatic rings. The molecule has 20 heavy (non-hydrogen) atoms. The Bertz CT molecular complexity index is 569. The lowest BCUT2D eigenvalue weighted by molar-refractivity contribution is 0.482. The minimum Gasteiger partial charge on any atom is -0.457 e. The normalized spacial score (nSPS) is 10.8. The molecule has 0 bridgehead atoms. The lowest BCUT2D eigenvalue weighted by Gasteiger charge is -2.11. The Kier molecular flexibility index (Phi) is 5.46. The van der Waals surface area contributed by atoms with Crippen molar-refractivity contribution < 1.29 is 4.74 Å². The molecule has 0 aromatic heterocycles. The van der Waals surface area contributed by atoms with E-state index in [1.165, 1.54) is 5.56 Å². The van der Waals surface area contributed by atoms with Crippen LogP contribution in [0.5, 0.6) is 11.5 Å². The maximum atomic E-state index is 5.85. The highest BCUT2D eigenvalue weighted by Gasteiger charge is 2.04. The smallest absolute Gasteiger partial charge is 0.128 e. The monoisotopic (exact) mass is 353 g/mol. The topological polar surface area (TPSA) is 21.3 Å². The summed E-state index contributed by atoms with van der Waals surface area (Å²) in [6.07, 6.45) is 0. The molecule has 0 aliphatic carbocycles. The Balaban J connectivity index is 2.06. The summed E-state index contributed by atoms with van der Waals surface area (Å²) in [5.74, 6) is 1.57. The van der Waals surface area contributed by atoms with Crippen LogP contribution in [0.25, 0.3) is 0 Å². The third kappa shape index (κ3) is 4.51. The van der Waals surface area contributed by atoms with Crippen LogP contribution in [-0.2, 0) is 6.54 Å². The summed E-state index contributed by atoms with van der Waals surface area (Å²) in [7, 11) is 0. The lowest BCUT2D eigenvalue weighted by Crippen LogP contribution is -2.21. The van der Waals surface area contributed by atoms with Gasteiger partial charge in [-0.15, -0.1) is 0 Å². The van der Waals surface area contributed by atoms with Gasteiger partial charge in [0.2, 0.25) is 0 Å². The van der Waals surface area contributed by atoms with Gasteiger partial charge in [-0.05, 0) is 42.0 Å². The Hall–Kier alpha value is -1.03. The zero-order chi connectivity index (χ0) is 14.5. The molecule has 0 spiro atoms. The molecule has 0 aliphatic heterocycles. The van der Waals surface area contributed by atoms with E-state index in [-0.39, 0.29) is 0 Å². The molecule has 106 valence electrons. The number of nitrogens with one attached hydrogen (secondary N) is 1. The summed E-state index contributed by atoms with van der Waals surface area (Å²) >= 11 is 9.43. The Morgan fingerprint density at radius 3 is 2.35 bits per heavy atom. The van der Waals surface area contributed by atoms with Crippen LogP contribution in [0.4, 0.5) is 0 Å². The van der Waals surface area contributed by atoms with Gasteiger partial charge in [-0.25, -0.2) is 0 Å². The van der Waals surface area contributed by atoms with Gasteiger partial charge in [0.05, 0.1) is 0 Å². The number of rotatable bonds is 5. The van der Waals surface area contributed by atoms with E-state index in [0.29, 0.717) is 11.1 Å². The van der Waals surface area contributed by atoms with E-state index in [0.717, 1.165) is 22.5 Å². The van der Waals surface area contributed by atoms with Gasteiger partial charge in [0, 0.05) is 22.1 Å². The van der Waals surface area contributed by atoms with Crippen molar-refractivity contribution in [3.05, 3.63) is 57.5 Å². The van der Waals surface area contributed by atoms with Crippen molar-refractivity contribution in [3.63, 3.8) is 0 Å². The first-order chi connectivity index (χ1) is 9.54. The molecule has 2 aromatic carbocycles. The molecular formula is C16H17BrClNO. The van der Waals surface area contributed by atoms with Gasteiger partial charge in [0.1, 0.15) is 11.5 Å². The highest BCUT2D eigenvalue weighted by atomic mass is 79.9. The van der Waals surface area contributed by atoms with Crippen LogP contribution in [0.1, 0.15) is 19.4 Å². The van der Waals surface area contributed by atoms with Gasteiger partial charge >= 0.3 is 0 Å². The first kappa shape index (κ1) is 15.4. The molecule has 0 unspecified atom stereocenters. The van der Waals surface area contributed by atoms with Gasteiger partial charge in [0.25, 0.3) is 0 Å². The summed E-state index contributed by atoms with van der Waals surface area (Å²) in [6.45, 7) is 5.09. The quantitative estimate of drug-likeness (QED) is 0.777. The Morgan fingerprint density at radius 2 is 1.75 bits per heavy atom. The average Bonchev–Trinajstić information content (AvgIpc) is 2.40. The van der Waals surface area contributed by atoms with Crippen molar-refractivity contribution in [2.24, 2.45) is 0 Å². The van der Waals surface area contributed by atoms with Crippen molar-refractivity contribution >= 4 is 27.5 Å². The molecule has 0 aliphatic rings. The van der Waals surface area contributed by atoms with Crippen molar-refractivity contribution in [2.45, 2.75) is 26.4 Å². The molecule has 0 heterocycles. The number of ether oxygens (including phenoxy) is 1. The predicted octanol–water partition coefficient (Wildman–Crippen LogP) is 5.39. The third-order valence-corrected chi connectivity index (χ3v) is 3.76. The van der Waals surface area contributed by atoms with Crippen LogP contribution in [0.15, 0.2) is 46.9 Å². The Morgan fingerprint density at radius 1 is 1.10 bits per heavy atom. The molecule has 2 rings (SSSR count). The molecule has 0 saturated carbocycles. The van der Waals surface area contributed by atoms with E-state index in [2.05, 4.69) is 41.2 Å². The second kappa shape index (κ2) is 7.11. The zero-order valence-corrected chi connectivity index (χ0v) is 13.8. The molecule has 0 saturated heterocycles. The molecule has 4 heteroatoms. The average molecular weight is 355 g/mol. The SMILES string of the molecule is CC(C)NCc1ccc(Oc2ccc(Cl)cc2)cc1Br. The van der Waals surface area contributed by atoms with Gasteiger partial charge in [-0.2, -0.15) is 0 Å². The highest BCUT2D eigenvalue weighted by Crippen LogP contribution is 2.27. The lowest BCUT2D eigenvalue weighted by atomic mass is 10.2. The molecule has 1 N–H and O–H groups in total. The van der Waals surface area contributed by atoms with Crippen molar-refractivity contribution in [1.82, 2.24) is 5.32 Å². The molecule has 2 nitrogen and oxygen atoms in total. The molecule has 0 atom stereocenters. The van der Waals surface area contributed by atoms with Crippen LogP contribution in [0.2, 0.25) is 5.02 Å². The van der Waals surface area contributed by atoms with Gasteiger partial charge in [-0.3, -0.25) is 0 Å². The first-order valence-electron chi connectivity index (χ1n) is 6.50. The molecule has 0 fully saturated rings. The zero-order valence-electron chi connectivity index (χ0n) is 11.5. The fourth-order valence-electron chi connectivity index (χ4n) is 1.69. The van der Waals surface area contributed by atoms with E-state index in [1.807, 2.05) is 36.4 Å². The number of hydrogen-bond donors (Lipinski definition) is 1. The van der Waals surface area contributed by atoms with Crippen LogP contribution < -0.4 is 10.1 Å². The summed E-state index contributed by atoms with van der Waals surface area (Å²) in [4.78, 5) is 0. The standard InChI is InChI=1S/C16H17BrClNO/c1-11(2)19-10-12-3-6-15(9-16(12)17)20-14-7-4-13(18)5-8-14/h3-9,11,19H,10H2,1-2H3. The predicted molar refractivity (Wildman–Crippen MR) is 87.6 cm³/mol. The van der Waals surface area contributed by atoms with Crippen LogP contribution >= 0.6 is 27.5 Å². The maximum absolute atomic E-state index is 5.85. The van der Waals surface area contributed by atoms with E-state index >= 15 is 0 Å². The molecule has 0 radical (unpaired) electrons. The van der Waals surface area contributed by atoms with Crippen LogP contribution in [-0.4, -0.2) is 6.04 Å². The van der Waals surface area contributed by atoms with Gasteiger partial charge in [-0.1, -0.05) is 47.4 Å². The van der Waals surface area contributed by atoms with Gasteiger partial charge in [0.15, 0.2) is 0 Å². The fraction of sp³-hybridized carbons (Fsp3) is 0.250. The highest BCUT2D eigenvalue weighted by molar-refractivity contribution is 9.10. The minimum absolute atomic E-state index is 0.465. The van der Waals surface area contributed by atoms with E-state index in [4.69, 9.17) is 16.3 Å². The largest absolute Gasteiger partial charge is 0.457 e. The van der Waals surface area contributed by atoms with Gasteiger partial charge < -0.3 is 10.1 Å². The van der Waals surface area contributed by atoms with Crippen molar-refractivity contribution in [2.75, 3.05) is 0 Å². The molecule has 0 amide bonds. The van der Waals surface area contributed by atoms with E-state index in [1.54, 1.807) is 0 Å². The number of halogens is 2. The molecular weight excluding hydrogens is 338 g/mol. The van der Waals surface area contributed by atoms with Crippen LogP contribution in [0.3, 0.4) is 0 Å². The minimum atomic E-state index is 0.465. The third-order valence-electron chi connectivity index (χ3n) is 2.77. The number of benzene rings is 2. The summed E-state index contributed by atoms with van der Waals surface area (Å²) in [6, 6.07) is 13.8. The second-order valence-corrected chi connectivity index (χ2v) is 6.14. The fourth-order valence-corrected chi connectivity index (χ4v) is 2.31. The van der Waals surface area contributed by atoms with Crippen LogP contribution in [0, 0.1) is 0 Å². The Labute approximate surface area is 133 Å². The van der Waals surface area contributed by atoms with E-state index < -0.39 is 0 Å². The first-order valence-corrected chi connectivity index (χ1v) is 7.67. The number of hydrogen-bond acceptors (Lipinski definition) is 2.